The molecule has 9 nitrogen and oxygen atoms in total. The second-order valence-corrected chi connectivity index (χ2v) is 9.62. The lowest BCUT2D eigenvalue weighted by atomic mass is 10.1. The van der Waals surface area contributed by atoms with E-state index in [1.54, 1.807) is 62.4 Å². The first kappa shape index (κ1) is 27.4. The van der Waals surface area contributed by atoms with Gasteiger partial charge in [0.25, 0.3) is 5.91 Å². The van der Waals surface area contributed by atoms with Crippen LogP contribution in [-0.2, 0) is 11.3 Å². The number of hydrogen-bond donors (Lipinski definition) is 2. The molecule has 0 radical (unpaired) electrons. The number of benzene rings is 2. The van der Waals surface area contributed by atoms with E-state index in [1.807, 2.05) is 29.9 Å². The molecule has 0 saturated carbocycles. The van der Waals surface area contributed by atoms with Crippen LogP contribution in [0, 0.1) is 0 Å². The van der Waals surface area contributed by atoms with Crippen LogP contribution < -0.4 is 20.1 Å². The maximum Gasteiger partial charge on any atom is 0.251 e. The number of hydrogen-bond acceptors (Lipinski definition) is 8. The van der Waals surface area contributed by atoms with Crippen molar-refractivity contribution >= 4 is 41.0 Å². The summed E-state index contributed by atoms with van der Waals surface area (Å²) in [5, 5.41) is 15.3. The van der Waals surface area contributed by atoms with Crippen LogP contribution in [0.5, 0.6) is 11.5 Å². The zero-order valence-electron chi connectivity index (χ0n) is 20.8. The number of thioether (sulfide) groups is 2. The van der Waals surface area contributed by atoms with Crippen molar-refractivity contribution in [3.8, 4) is 11.5 Å². The van der Waals surface area contributed by atoms with E-state index in [0.717, 1.165) is 5.75 Å². The Morgan fingerprint density at radius 2 is 1.81 bits per heavy atom. The van der Waals surface area contributed by atoms with Gasteiger partial charge in [-0.25, -0.2) is 0 Å². The Balaban J connectivity index is 1.70. The lowest BCUT2D eigenvalue weighted by molar-refractivity contribution is -0.113. The van der Waals surface area contributed by atoms with Gasteiger partial charge in [-0.2, -0.15) is 11.8 Å². The number of rotatable bonds is 13. The molecule has 36 heavy (non-hydrogen) atoms. The summed E-state index contributed by atoms with van der Waals surface area (Å²) in [7, 11) is 3.17. The third-order valence-electron chi connectivity index (χ3n) is 5.33. The normalized spacial score (nSPS) is 11.6. The predicted molar refractivity (Wildman–Crippen MR) is 144 cm³/mol. The van der Waals surface area contributed by atoms with Gasteiger partial charge in [0.05, 0.1) is 26.0 Å². The van der Waals surface area contributed by atoms with E-state index < -0.39 is 0 Å². The monoisotopic (exact) mass is 529 g/mol. The molecular formula is C25H31N5O4S2. The minimum absolute atomic E-state index is 0.160. The van der Waals surface area contributed by atoms with Gasteiger partial charge >= 0.3 is 0 Å². The SMILES string of the molecule is CCn1c(SCC(=O)Nc2cccc(OC)c2)nnc1[C@H](CCSC)NC(=O)c1ccc(OC)cc1. The van der Waals surface area contributed by atoms with Gasteiger partial charge in [-0.05, 0) is 61.8 Å². The van der Waals surface area contributed by atoms with E-state index in [2.05, 4.69) is 20.8 Å². The molecule has 0 aliphatic rings. The average molecular weight is 530 g/mol. The van der Waals surface area contributed by atoms with Crippen molar-refractivity contribution in [3.63, 3.8) is 0 Å². The minimum Gasteiger partial charge on any atom is -0.497 e. The number of aromatic nitrogens is 3. The first-order chi connectivity index (χ1) is 17.5. The molecule has 3 rings (SSSR count). The summed E-state index contributed by atoms with van der Waals surface area (Å²) in [5.74, 6) is 2.69. The molecule has 0 bridgehead atoms. The summed E-state index contributed by atoms with van der Waals surface area (Å²) in [6.07, 6.45) is 2.72. The summed E-state index contributed by atoms with van der Waals surface area (Å²) < 4.78 is 12.3. The average Bonchev–Trinajstić information content (AvgIpc) is 3.32. The fourth-order valence-corrected chi connectivity index (χ4v) is 4.76. The van der Waals surface area contributed by atoms with Gasteiger partial charge < -0.3 is 24.7 Å². The molecule has 2 N–H and O–H groups in total. The molecule has 1 atom stereocenters. The standard InChI is InChI=1S/C25H31N5O4S2/c1-5-30-23(21(13-14-35-4)27-24(32)17-9-11-19(33-2)12-10-17)28-29-25(30)36-16-22(31)26-18-7-6-8-20(15-18)34-3/h6-12,15,21H,5,13-14,16H2,1-4H3,(H,26,31)(H,27,32)/t21-/m0/s1. The van der Waals surface area contributed by atoms with Gasteiger partial charge in [-0.3, -0.25) is 9.59 Å². The van der Waals surface area contributed by atoms with Crippen LogP contribution in [0.2, 0.25) is 0 Å². The number of ether oxygens (including phenoxy) is 2. The zero-order chi connectivity index (χ0) is 25.9. The van der Waals surface area contributed by atoms with Gasteiger partial charge in [0.15, 0.2) is 11.0 Å². The van der Waals surface area contributed by atoms with Crippen LogP contribution >= 0.6 is 23.5 Å². The lowest BCUT2D eigenvalue weighted by Crippen LogP contribution is -2.31. The molecule has 0 saturated heterocycles. The van der Waals surface area contributed by atoms with Gasteiger partial charge in [0.2, 0.25) is 5.91 Å². The summed E-state index contributed by atoms with van der Waals surface area (Å²) >= 11 is 3.00. The fraction of sp³-hybridized carbons (Fsp3) is 0.360. The number of methoxy groups -OCH3 is 2. The van der Waals surface area contributed by atoms with E-state index >= 15 is 0 Å². The number of amides is 2. The molecule has 11 heteroatoms. The van der Waals surface area contributed by atoms with Crippen LogP contribution in [0.4, 0.5) is 5.69 Å². The maximum absolute atomic E-state index is 12.9. The second kappa shape index (κ2) is 13.8. The Labute approximate surface area is 219 Å². The quantitative estimate of drug-likeness (QED) is 0.316. The van der Waals surface area contributed by atoms with Gasteiger partial charge in [0.1, 0.15) is 11.5 Å². The predicted octanol–water partition coefficient (Wildman–Crippen LogP) is 4.27. The minimum atomic E-state index is -0.320. The van der Waals surface area contributed by atoms with Crippen molar-refractivity contribution in [1.29, 1.82) is 0 Å². The van der Waals surface area contributed by atoms with Gasteiger partial charge in [-0.1, -0.05) is 17.8 Å². The molecule has 2 aromatic carbocycles. The molecule has 1 aromatic heterocycles. The van der Waals surface area contributed by atoms with E-state index in [1.165, 1.54) is 11.8 Å². The van der Waals surface area contributed by atoms with Crippen LogP contribution in [-0.4, -0.2) is 58.6 Å². The lowest BCUT2D eigenvalue weighted by Gasteiger charge is -2.19. The van der Waals surface area contributed by atoms with Crippen LogP contribution in [0.25, 0.3) is 0 Å². The molecule has 1 heterocycles. The third-order valence-corrected chi connectivity index (χ3v) is 6.94. The highest BCUT2D eigenvalue weighted by Gasteiger charge is 2.23. The molecular weight excluding hydrogens is 498 g/mol. The van der Waals surface area contributed by atoms with Crippen molar-refractivity contribution in [2.75, 3.05) is 37.3 Å². The molecule has 0 spiro atoms. The molecule has 192 valence electrons. The van der Waals surface area contributed by atoms with Crippen LogP contribution in [0.1, 0.15) is 35.6 Å². The highest BCUT2D eigenvalue weighted by atomic mass is 32.2. The van der Waals surface area contributed by atoms with Crippen molar-refractivity contribution in [1.82, 2.24) is 20.1 Å². The Kier molecular flexibility index (Phi) is 10.5. The molecule has 0 fully saturated rings. The highest BCUT2D eigenvalue weighted by molar-refractivity contribution is 7.99. The Morgan fingerprint density at radius 3 is 2.47 bits per heavy atom. The topological polar surface area (TPSA) is 107 Å². The molecule has 0 aliphatic heterocycles. The van der Waals surface area contributed by atoms with E-state index in [-0.39, 0.29) is 23.6 Å². The van der Waals surface area contributed by atoms with E-state index in [4.69, 9.17) is 9.47 Å². The first-order valence-electron chi connectivity index (χ1n) is 11.4. The summed E-state index contributed by atoms with van der Waals surface area (Å²) in [6.45, 7) is 2.60. The van der Waals surface area contributed by atoms with Crippen LogP contribution in [0.15, 0.2) is 53.7 Å². The summed E-state index contributed by atoms with van der Waals surface area (Å²) in [6, 6.07) is 13.8. The van der Waals surface area contributed by atoms with Crippen molar-refractivity contribution < 1.29 is 19.1 Å². The smallest absolute Gasteiger partial charge is 0.251 e. The summed E-state index contributed by atoms with van der Waals surface area (Å²) in [5.41, 5.74) is 1.20. The Hall–Kier alpha value is -3.18. The van der Waals surface area contributed by atoms with Crippen molar-refractivity contribution in [2.45, 2.75) is 31.1 Å². The second-order valence-electron chi connectivity index (χ2n) is 7.69. The molecule has 3 aromatic rings. The molecule has 2 amide bonds. The molecule has 0 unspecified atom stereocenters. The number of carbonyl (C=O) groups is 2. The Morgan fingerprint density at radius 1 is 1.06 bits per heavy atom. The first-order valence-corrected chi connectivity index (χ1v) is 13.8. The number of anilines is 1. The van der Waals surface area contributed by atoms with Crippen molar-refractivity contribution in [2.24, 2.45) is 0 Å². The molecule has 0 aliphatic carbocycles. The van der Waals surface area contributed by atoms with Crippen molar-refractivity contribution in [3.05, 3.63) is 59.9 Å². The maximum atomic E-state index is 12.9. The van der Waals surface area contributed by atoms with Gasteiger partial charge in [-0.15, -0.1) is 10.2 Å². The highest BCUT2D eigenvalue weighted by Crippen LogP contribution is 2.25. The van der Waals surface area contributed by atoms with Gasteiger partial charge in [0, 0.05) is 23.9 Å². The number of nitrogens with zero attached hydrogens (tertiary/aromatic N) is 3. The van der Waals surface area contributed by atoms with E-state index in [9.17, 15) is 9.59 Å². The zero-order valence-corrected chi connectivity index (χ0v) is 22.4. The fourth-order valence-electron chi connectivity index (χ4n) is 3.48. The summed E-state index contributed by atoms with van der Waals surface area (Å²) in [4.78, 5) is 25.5. The number of carbonyl (C=O) groups excluding carboxylic acids is 2. The van der Waals surface area contributed by atoms with Crippen LogP contribution in [0.3, 0.4) is 0 Å². The Bertz CT molecular complexity index is 1150. The van der Waals surface area contributed by atoms with E-state index in [0.29, 0.717) is 46.7 Å². The third kappa shape index (κ3) is 7.41. The number of nitrogens with one attached hydrogen (secondary N) is 2. The largest absolute Gasteiger partial charge is 0.497 e.